The van der Waals surface area contributed by atoms with Crippen molar-refractivity contribution in [2.75, 3.05) is 0 Å². The number of hydrogen-bond acceptors (Lipinski definition) is 3. The van der Waals surface area contributed by atoms with Gasteiger partial charge in [-0.2, -0.15) is 0 Å². The van der Waals surface area contributed by atoms with Gasteiger partial charge in [0.2, 0.25) is 0 Å². The van der Waals surface area contributed by atoms with Gasteiger partial charge in [0.05, 0.1) is 11.9 Å². The SMILES string of the molecule is Cc1[nH]c2cc(O)ccc2c(=O)c1CC(=O)O. The Morgan fingerprint density at radius 1 is 1.41 bits per heavy atom. The summed E-state index contributed by atoms with van der Waals surface area (Å²) in [6, 6.07) is 4.32. The van der Waals surface area contributed by atoms with Crippen LogP contribution in [0.5, 0.6) is 5.75 Å². The number of hydrogen-bond donors (Lipinski definition) is 3. The lowest BCUT2D eigenvalue weighted by Gasteiger charge is -2.06. The van der Waals surface area contributed by atoms with E-state index in [2.05, 4.69) is 4.98 Å². The summed E-state index contributed by atoms with van der Waals surface area (Å²) >= 11 is 0. The second-order valence-electron chi connectivity index (χ2n) is 3.86. The lowest BCUT2D eigenvalue weighted by Crippen LogP contribution is -2.17. The molecule has 17 heavy (non-hydrogen) atoms. The smallest absolute Gasteiger partial charge is 0.308 e. The van der Waals surface area contributed by atoms with E-state index in [9.17, 15) is 14.7 Å². The van der Waals surface area contributed by atoms with Gasteiger partial charge < -0.3 is 15.2 Å². The molecule has 0 spiro atoms. The number of nitrogens with one attached hydrogen (secondary N) is 1. The molecule has 1 heterocycles. The third-order valence-corrected chi connectivity index (χ3v) is 2.62. The van der Waals surface area contributed by atoms with E-state index in [0.29, 0.717) is 16.6 Å². The number of aromatic amines is 1. The molecule has 5 nitrogen and oxygen atoms in total. The molecule has 0 atom stereocenters. The van der Waals surface area contributed by atoms with Gasteiger partial charge in [0.1, 0.15) is 5.75 Å². The molecule has 5 heteroatoms. The second-order valence-corrected chi connectivity index (χ2v) is 3.86. The summed E-state index contributed by atoms with van der Waals surface area (Å²) in [4.78, 5) is 25.6. The van der Waals surface area contributed by atoms with Crippen molar-refractivity contribution in [2.45, 2.75) is 13.3 Å². The Kier molecular flexibility index (Phi) is 2.59. The van der Waals surface area contributed by atoms with Crippen LogP contribution in [0, 0.1) is 6.92 Å². The molecule has 0 fully saturated rings. The summed E-state index contributed by atoms with van der Waals surface area (Å²) in [6.45, 7) is 1.64. The average molecular weight is 233 g/mol. The number of carbonyl (C=O) groups is 1. The minimum atomic E-state index is -1.04. The van der Waals surface area contributed by atoms with Gasteiger partial charge in [-0.3, -0.25) is 9.59 Å². The van der Waals surface area contributed by atoms with E-state index in [1.807, 2.05) is 0 Å². The first kappa shape index (κ1) is 11.2. The fourth-order valence-electron chi connectivity index (χ4n) is 1.81. The molecule has 0 radical (unpaired) electrons. The molecule has 88 valence electrons. The first-order valence-electron chi connectivity index (χ1n) is 5.05. The number of carboxylic acids is 1. The summed E-state index contributed by atoms with van der Waals surface area (Å²) in [6.07, 6.45) is -0.308. The van der Waals surface area contributed by atoms with Gasteiger partial charge in [0.15, 0.2) is 5.43 Å². The number of pyridine rings is 1. The van der Waals surface area contributed by atoms with E-state index in [4.69, 9.17) is 5.11 Å². The molecule has 0 aliphatic rings. The lowest BCUT2D eigenvalue weighted by atomic mass is 10.1. The maximum atomic E-state index is 12.0. The molecule has 3 N–H and O–H groups in total. The number of aromatic hydroxyl groups is 1. The number of aliphatic carboxylic acids is 1. The van der Waals surface area contributed by atoms with Crippen LogP contribution < -0.4 is 5.43 Å². The lowest BCUT2D eigenvalue weighted by molar-refractivity contribution is -0.136. The van der Waals surface area contributed by atoms with Gasteiger partial charge in [-0.05, 0) is 19.1 Å². The van der Waals surface area contributed by atoms with Gasteiger partial charge in [0, 0.05) is 22.7 Å². The molecule has 0 saturated carbocycles. The maximum absolute atomic E-state index is 12.0. The number of fused-ring (bicyclic) bond motifs is 1. The van der Waals surface area contributed by atoms with E-state index in [1.165, 1.54) is 18.2 Å². The normalized spacial score (nSPS) is 10.6. The summed E-state index contributed by atoms with van der Waals surface area (Å²) in [5.41, 5.74) is 0.950. The summed E-state index contributed by atoms with van der Waals surface area (Å²) in [7, 11) is 0. The minimum absolute atomic E-state index is 0.0542. The number of H-pyrrole nitrogens is 1. The van der Waals surface area contributed by atoms with Gasteiger partial charge in [-0.25, -0.2) is 0 Å². The van der Waals surface area contributed by atoms with Crippen LogP contribution in [0.25, 0.3) is 10.9 Å². The number of phenols is 1. The molecule has 0 saturated heterocycles. The Bertz CT molecular complexity index is 657. The number of aromatic nitrogens is 1. The molecule has 0 aliphatic carbocycles. The molecular formula is C12H11NO4. The fraction of sp³-hybridized carbons (Fsp3) is 0.167. The van der Waals surface area contributed by atoms with Gasteiger partial charge >= 0.3 is 5.97 Å². The Morgan fingerprint density at radius 3 is 2.76 bits per heavy atom. The zero-order valence-electron chi connectivity index (χ0n) is 9.15. The van der Waals surface area contributed by atoms with Crippen LogP contribution in [-0.2, 0) is 11.2 Å². The van der Waals surface area contributed by atoms with Crippen LogP contribution in [0.2, 0.25) is 0 Å². The van der Waals surface area contributed by atoms with Gasteiger partial charge in [-0.1, -0.05) is 0 Å². The van der Waals surface area contributed by atoms with Gasteiger partial charge in [-0.15, -0.1) is 0 Å². The Balaban J connectivity index is 2.76. The number of carboxylic acid groups (broad SMARTS) is 1. The predicted molar refractivity (Wildman–Crippen MR) is 62.3 cm³/mol. The van der Waals surface area contributed by atoms with Crippen LogP contribution in [0.3, 0.4) is 0 Å². The standard InChI is InChI=1S/C12H11NO4/c1-6-9(5-11(15)16)12(17)8-3-2-7(14)4-10(8)13-6/h2-4,14H,5H2,1H3,(H,13,17)(H,15,16). The molecule has 1 aromatic carbocycles. The fourth-order valence-corrected chi connectivity index (χ4v) is 1.81. The number of phenolic OH excluding ortho intramolecular Hbond substituents is 1. The van der Waals surface area contributed by atoms with Crippen molar-refractivity contribution < 1.29 is 15.0 Å². The zero-order chi connectivity index (χ0) is 12.6. The van der Waals surface area contributed by atoms with Crippen molar-refractivity contribution >= 4 is 16.9 Å². The first-order valence-corrected chi connectivity index (χ1v) is 5.05. The highest BCUT2D eigenvalue weighted by atomic mass is 16.4. The molecule has 0 aliphatic heterocycles. The van der Waals surface area contributed by atoms with E-state index in [-0.39, 0.29) is 23.2 Å². The second kappa shape index (κ2) is 3.93. The van der Waals surface area contributed by atoms with Gasteiger partial charge in [0.25, 0.3) is 0 Å². The van der Waals surface area contributed by atoms with Crippen molar-refractivity contribution in [1.82, 2.24) is 4.98 Å². The molecule has 2 aromatic rings. The monoisotopic (exact) mass is 233 g/mol. The van der Waals surface area contributed by atoms with Crippen molar-refractivity contribution in [3.8, 4) is 5.75 Å². The van der Waals surface area contributed by atoms with Crippen LogP contribution in [0.4, 0.5) is 0 Å². The Morgan fingerprint density at radius 2 is 2.12 bits per heavy atom. The van der Waals surface area contributed by atoms with Crippen molar-refractivity contribution in [2.24, 2.45) is 0 Å². The van der Waals surface area contributed by atoms with Crippen LogP contribution in [0.15, 0.2) is 23.0 Å². The maximum Gasteiger partial charge on any atom is 0.308 e. The third-order valence-electron chi connectivity index (χ3n) is 2.62. The van der Waals surface area contributed by atoms with Crippen LogP contribution >= 0.6 is 0 Å². The highest BCUT2D eigenvalue weighted by molar-refractivity contribution is 5.82. The average Bonchev–Trinajstić information content (AvgIpc) is 2.23. The van der Waals surface area contributed by atoms with Crippen LogP contribution in [0.1, 0.15) is 11.3 Å². The molecular weight excluding hydrogens is 222 g/mol. The number of rotatable bonds is 2. The van der Waals surface area contributed by atoms with Crippen molar-refractivity contribution in [3.63, 3.8) is 0 Å². The minimum Gasteiger partial charge on any atom is -0.508 e. The summed E-state index contributed by atoms with van der Waals surface area (Å²) in [5.74, 6) is -0.990. The topological polar surface area (TPSA) is 90.4 Å². The Labute approximate surface area is 96.3 Å². The highest BCUT2D eigenvalue weighted by Gasteiger charge is 2.12. The van der Waals surface area contributed by atoms with E-state index in [0.717, 1.165) is 0 Å². The van der Waals surface area contributed by atoms with Crippen LogP contribution in [-0.4, -0.2) is 21.2 Å². The third kappa shape index (κ3) is 1.99. The highest BCUT2D eigenvalue weighted by Crippen LogP contribution is 2.17. The summed E-state index contributed by atoms with van der Waals surface area (Å²) in [5, 5.41) is 18.4. The first-order chi connectivity index (χ1) is 7.99. The quantitative estimate of drug-likeness (QED) is 0.726. The van der Waals surface area contributed by atoms with E-state index in [1.54, 1.807) is 6.92 Å². The molecule has 2 rings (SSSR count). The van der Waals surface area contributed by atoms with Crippen molar-refractivity contribution in [1.29, 1.82) is 0 Å². The molecule has 0 unspecified atom stereocenters. The molecule has 0 bridgehead atoms. The predicted octanol–water partition coefficient (Wildman–Crippen LogP) is 1.17. The largest absolute Gasteiger partial charge is 0.508 e. The summed E-state index contributed by atoms with van der Waals surface area (Å²) < 4.78 is 0. The number of benzene rings is 1. The van der Waals surface area contributed by atoms with Crippen molar-refractivity contribution in [3.05, 3.63) is 39.7 Å². The zero-order valence-corrected chi connectivity index (χ0v) is 9.15. The molecule has 0 amide bonds. The Hall–Kier alpha value is -2.30. The van der Waals surface area contributed by atoms with E-state index >= 15 is 0 Å². The molecule has 1 aromatic heterocycles. The number of aryl methyl sites for hydroxylation is 1. The van der Waals surface area contributed by atoms with E-state index < -0.39 is 5.97 Å².